The van der Waals surface area contributed by atoms with Crippen molar-refractivity contribution in [3.8, 4) is 17.2 Å². The van der Waals surface area contributed by atoms with Crippen LogP contribution in [0.1, 0.15) is 11.1 Å². The summed E-state index contributed by atoms with van der Waals surface area (Å²) in [5, 5.41) is 0. The molecule has 0 N–H and O–H groups in total. The predicted molar refractivity (Wildman–Crippen MR) is 88.5 cm³/mol. The van der Waals surface area contributed by atoms with Gasteiger partial charge in [-0.1, -0.05) is 24.3 Å². The van der Waals surface area contributed by atoms with E-state index in [1.54, 1.807) is 11.9 Å². The minimum atomic E-state index is -0.440. The van der Waals surface area contributed by atoms with E-state index < -0.39 is 6.10 Å². The lowest BCUT2D eigenvalue weighted by Gasteiger charge is -2.23. The maximum absolute atomic E-state index is 12.7. The monoisotopic (exact) mass is 325 g/mol. The number of nitrogens with zero attached hydrogens (tertiary/aromatic N) is 1. The summed E-state index contributed by atoms with van der Waals surface area (Å²) in [6.07, 6.45) is 0.185. The van der Waals surface area contributed by atoms with Crippen LogP contribution in [0.25, 0.3) is 0 Å². The van der Waals surface area contributed by atoms with Crippen molar-refractivity contribution in [3.05, 3.63) is 53.6 Å². The number of likely N-dealkylation sites (N-methyl/N-ethyl adjacent to an activating group) is 1. The van der Waals surface area contributed by atoms with Gasteiger partial charge in [-0.05, 0) is 29.3 Å². The molecule has 5 heteroatoms. The maximum atomic E-state index is 12.7. The lowest BCUT2D eigenvalue weighted by molar-refractivity contribution is -0.137. The summed E-state index contributed by atoms with van der Waals surface area (Å²) in [6, 6.07) is 13.6. The number of amides is 1. The molecule has 0 aliphatic carbocycles. The lowest BCUT2D eigenvalue weighted by atomic mass is 10.1. The van der Waals surface area contributed by atoms with Crippen LogP contribution >= 0.6 is 0 Å². The van der Waals surface area contributed by atoms with Crippen molar-refractivity contribution in [3.63, 3.8) is 0 Å². The predicted octanol–water partition coefficient (Wildman–Crippen LogP) is 2.42. The van der Waals surface area contributed by atoms with Crippen LogP contribution in [0.15, 0.2) is 42.5 Å². The Morgan fingerprint density at radius 3 is 2.71 bits per heavy atom. The van der Waals surface area contributed by atoms with E-state index in [1.807, 2.05) is 42.5 Å². The average Bonchev–Trinajstić information content (AvgIpc) is 3.05. The Hall–Kier alpha value is -2.69. The summed E-state index contributed by atoms with van der Waals surface area (Å²) >= 11 is 0. The third-order valence-electron chi connectivity index (χ3n) is 4.33. The van der Waals surface area contributed by atoms with Gasteiger partial charge in [0.1, 0.15) is 19.0 Å². The smallest absolute Gasteiger partial charge is 0.264 e. The number of hydrogen-bond donors (Lipinski definition) is 0. The second-order valence-corrected chi connectivity index (χ2v) is 6.09. The van der Waals surface area contributed by atoms with Crippen LogP contribution in [-0.4, -0.2) is 37.2 Å². The van der Waals surface area contributed by atoms with Gasteiger partial charge in [0.15, 0.2) is 17.6 Å². The third kappa shape index (κ3) is 2.77. The van der Waals surface area contributed by atoms with Gasteiger partial charge in [0.05, 0.1) is 0 Å². The zero-order valence-electron chi connectivity index (χ0n) is 13.5. The number of hydrogen-bond acceptors (Lipinski definition) is 4. The molecule has 0 radical (unpaired) electrons. The highest BCUT2D eigenvalue weighted by molar-refractivity contribution is 5.82. The highest BCUT2D eigenvalue weighted by Gasteiger charge is 2.31. The first-order chi connectivity index (χ1) is 11.7. The molecule has 24 heavy (non-hydrogen) atoms. The fourth-order valence-corrected chi connectivity index (χ4v) is 3.10. The van der Waals surface area contributed by atoms with E-state index in [0.717, 1.165) is 28.4 Å². The normalized spacial score (nSPS) is 17.8. The number of para-hydroxylation sites is 1. The minimum Gasteiger partial charge on any atom is -0.486 e. The molecule has 0 aromatic heterocycles. The summed E-state index contributed by atoms with van der Waals surface area (Å²) in [4.78, 5) is 14.3. The fourth-order valence-electron chi connectivity index (χ4n) is 3.10. The van der Waals surface area contributed by atoms with Gasteiger partial charge in [-0.2, -0.15) is 0 Å². The molecule has 5 nitrogen and oxygen atoms in total. The Kier molecular flexibility index (Phi) is 3.76. The van der Waals surface area contributed by atoms with E-state index in [4.69, 9.17) is 14.2 Å². The van der Waals surface area contributed by atoms with Crippen LogP contribution in [0.2, 0.25) is 0 Å². The summed E-state index contributed by atoms with van der Waals surface area (Å²) in [6.45, 7) is 1.63. The first-order valence-corrected chi connectivity index (χ1v) is 8.09. The molecule has 0 fully saturated rings. The van der Waals surface area contributed by atoms with E-state index in [2.05, 4.69) is 0 Å². The Balaban J connectivity index is 1.43. The first kappa shape index (κ1) is 14.9. The van der Waals surface area contributed by atoms with E-state index in [-0.39, 0.29) is 5.91 Å². The van der Waals surface area contributed by atoms with Gasteiger partial charge >= 0.3 is 0 Å². The van der Waals surface area contributed by atoms with Crippen LogP contribution in [-0.2, 0) is 17.8 Å². The van der Waals surface area contributed by atoms with Gasteiger partial charge in [-0.25, -0.2) is 0 Å². The van der Waals surface area contributed by atoms with Crippen LogP contribution in [0.3, 0.4) is 0 Å². The van der Waals surface area contributed by atoms with Crippen molar-refractivity contribution in [1.82, 2.24) is 4.90 Å². The Morgan fingerprint density at radius 1 is 1.08 bits per heavy atom. The van der Waals surface area contributed by atoms with E-state index in [0.29, 0.717) is 26.2 Å². The highest BCUT2D eigenvalue weighted by atomic mass is 16.6. The van der Waals surface area contributed by atoms with Gasteiger partial charge in [0.25, 0.3) is 5.91 Å². The Morgan fingerprint density at radius 2 is 1.88 bits per heavy atom. The molecule has 1 amide bonds. The molecule has 0 saturated heterocycles. The second-order valence-electron chi connectivity index (χ2n) is 6.09. The molecule has 124 valence electrons. The number of carbonyl (C=O) groups excluding carboxylic acids is 1. The number of benzene rings is 2. The van der Waals surface area contributed by atoms with Gasteiger partial charge in [0.2, 0.25) is 0 Å². The van der Waals surface area contributed by atoms with Gasteiger partial charge in [-0.3, -0.25) is 4.79 Å². The molecule has 2 aliphatic heterocycles. The van der Waals surface area contributed by atoms with Gasteiger partial charge < -0.3 is 19.1 Å². The molecule has 2 aliphatic rings. The van der Waals surface area contributed by atoms with E-state index in [9.17, 15) is 4.79 Å². The Labute approximate surface area is 140 Å². The number of carbonyl (C=O) groups is 1. The zero-order chi connectivity index (χ0) is 16.5. The van der Waals surface area contributed by atoms with E-state index in [1.165, 1.54) is 0 Å². The third-order valence-corrected chi connectivity index (χ3v) is 4.33. The van der Waals surface area contributed by atoms with Crippen molar-refractivity contribution >= 4 is 5.91 Å². The van der Waals surface area contributed by atoms with E-state index >= 15 is 0 Å². The topological polar surface area (TPSA) is 48.0 Å². The molecular formula is C19H19NO4. The first-order valence-electron chi connectivity index (χ1n) is 8.09. The fraction of sp³-hybridized carbons (Fsp3) is 0.316. The van der Waals surface area contributed by atoms with Gasteiger partial charge in [0, 0.05) is 20.0 Å². The summed E-state index contributed by atoms with van der Waals surface area (Å²) in [5.41, 5.74) is 2.09. The quantitative estimate of drug-likeness (QED) is 0.869. The minimum absolute atomic E-state index is 0.0129. The molecule has 1 atom stereocenters. The largest absolute Gasteiger partial charge is 0.486 e. The molecule has 0 saturated carbocycles. The summed E-state index contributed by atoms with van der Waals surface area (Å²) in [5.74, 6) is 2.29. The van der Waals surface area contributed by atoms with Crippen molar-refractivity contribution in [2.75, 3.05) is 20.3 Å². The molecule has 2 aromatic carbocycles. The zero-order valence-corrected chi connectivity index (χ0v) is 13.5. The highest BCUT2D eigenvalue weighted by Crippen LogP contribution is 2.32. The van der Waals surface area contributed by atoms with Crippen molar-refractivity contribution in [1.29, 1.82) is 0 Å². The molecule has 2 heterocycles. The van der Waals surface area contributed by atoms with Crippen molar-refractivity contribution in [2.45, 2.75) is 19.1 Å². The molecule has 4 rings (SSSR count). The Bertz CT molecular complexity index is 749. The number of ether oxygens (including phenoxy) is 3. The SMILES string of the molecule is CN(Cc1ccc2c(c1)OCCO2)C(=O)C1Cc2ccccc2O1. The second kappa shape index (κ2) is 6.07. The number of fused-ring (bicyclic) bond motifs is 2. The average molecular weight is 325 g/mol. The lowest BCUT2D eigenvalue weighted by Crippen LogP contribution is -2.38. The molecule has 0 spiro atoms. The summed E-state index contributed by atoms with van der Waals surface area (Å²) < 4.78 is 16.9. The molecule has 0 bridgehead atoms. The van der Waals surface area contributed by atoms with Crippen LogP contribution in [0, 0.1) is 0 Å². The molecular weight excluding hydrogens is 306 g/mol. The molecule has 2 aromatic rings. The molecule has 1 unspecified atom stereocenters. The maximum Gasteiger partial charge on any atom is 0.264 e. The van der Waals surface area contributed by atoms with Crippen LogP contribution in [0.4, 0.5) is 0 Å². The summed E-state index contributed by atoms with van der Waals surface area (Å²) in [7, 11) is 1.80. The number of rotatable bonds is 3. The van der Waals surface area contributed by atoms with Crippen molar-refractivity contribution < 1.29 is 19.0 Å². The van der Waals surface area contributed by atoms with Crippen molar-refractivity contribution in [2.24, 2.45) is 0 Å². The standard InChI is InChI=1S/C19H19NO4/c1-20(12-13-6-7-16-17(10-13)23-9-8-22-16)19(21)18-11-14-4-2-3-5-15(14)24-18/h2-7,10,18H,8-9,11-12H2,1H3. The van der Waals surface area contributed by atoms with Crippen LogP contribution in [0.5, 0.6) is 17.2 Å². The van der Waals surface area contributed by atoms with Crippen LogP contribution < -0.4 is 14.2 Å². The van der Waals surface area contributed by atoms with Gasteiger partial charge in [-0.15, -0.1) is 0 Å².